The van der Waals surface area contributed by atoms with Crippen LogP contribution in [-0.2, 0) is 21.5 Å². The van der Waals surface area contributed by atoms with Crippen LogP contribution in [0, 0.1) is 0 Å². The number of fused-ring (bicyclic) bond motifs is 2. The van der Waals surface area contributed by atoms with E-state index in [2.05, 4.69) is 25.1 Å². The van der Waals surface area contributed by atoms with Crippen molar-refractivity contribution in [2.24, 2.45) is 0 Å². The third kappa shape index (κ3) is 7.00. The summed E-state index contributed by atoms with van der Waals surface area (Å²) < 4.78 is 86.2. The monoisotopic (exact) mass is 636 g/mol. The Morgan fingerprint density at radius 1 is 1.09 bits per heavy atom. The number of nitrogens with one attached hydrogen (secondary N) is 1. The molecule has 2 aromatic heterocycles. The molecule has 2 saturated heterocycles. The number of rotatable bonds is 11. The van der Waals surface area contributed by atoms with Crippen LogP contribution in [0.15, 0.2) is 47.1 Å². The van der Waals surface area contributed by atoms with E-state index >= 15 is 0 Å². The number of pyridine rings is 1. The molecule has 1 aromatic carbocycles. The first-order valence-corrected chi connectivity index (χ1v) is 16.0. The number of hydrogen-bond donors (Lipinski definition) is 2. The Bertz CT molecular complexity index is 1600. The highest BCUT2D eigenvalue weighted by molar-refractivity contribution is 7.85. The van der Waals surface area contributed by atoms with E-state index in [1.54, 1.807) is 18.2 Å². The summed E-state index contributed by atoms with van der Waals surface area (Å²) in [5.74, 6) is 0.122. The van der Waals surface area contributed by atoms with Gasteiger partial charge in [-0.3, -0.25) is 9.35 Å². The molecule has 3 aliphatic rings. The summed E-state index contributed by atoms with van der Waals surface area (Å²) in [4.78, 5) is 19.0. The minimum Gasteiger partial charge on any atom is -0.405 e. The number of nitrogens with zero attached hydrogens (tertiary/aromatic N) is 3. The number of para-hydroxylation sites is 1. The maximum Gasteiger partial charge on any atom is 0.573 e. The van der Waals surface area contributed by atoms with Gasteiger partial charge in [-0.1, -0.05) is 17.3 Å². The largest absolute Gasteiger partial charge is 0.573 e. The first kappa shape index (κ1) is 30.3. The van der Waals surface area contributed by atoms with Crippen LogP contribution in [0.2, 0.25) is 0 Å². The zero-order valence-corrected chi connectivity index (χ0v) is 24.3. The number of piperidine rings is 1. The average Bonchev–Trinajstić information content (AvgIpc) is 3.66. The van der Waals surface area contributed by atoms with Crippen molar-refractivity contribution in [1.29, 1.82) is 0 Å². The first-order chi connectivity index (χ1) is 20.9. The number of hydrogen-bond acceptors (Lipinski definition) is 9. The number of aromatic nitrogens is 2. The fourth-order valence-corrected chi connectivity index (χ4v) is 6.48. The Morgan fingerprint density at radius 2 is 1.82 bits per heavy atom. The molecule has 1 aliphatic carbocycles. The van der Waals surface area contributed by atoms with Gasteiger partial charge in [-0.25, -0.2) is 4.98 Å². The molecule has 0 spiro atoms. The van der Waals surface area contributed by atoms with Crippen LogP contribution in [0.4, 0.5) is 19.0 Å². The third-order valence-corrected chi connectivity index (χ3v) is 8.93. The number of alkyl halides is 3. The number of ether oxygens (including phenoxy) is 2. The molecule has 15 heteroatoms. The molecule has 2 unspecified atom stereocenters. The van der Waals surface area contributed by atoms with Crippen molar-refractivity contribution in [3.63, 3.8) is 0 Å². The van der Waals surface area contributed by atoms with E-state index < -0.39 is 28.1 Å². The van der Waals surface area contributed by atoms with Gasteiger partial charge < -0.3 is 24.2 Å². The molecule has 3 atom stereocenters. The number of carbonyl (C=O) groups excluding carboxylic acids is 1. The molecule has 1 amide bonds. The van der Waals surface area contributed by atoms with Crippen molar-refractivity contribution in [1.82, 2.24) is 15.5 Å². The molecular weight excluding hydrogens is 605 g/mol. The first-order valence-electron chi connectivity index (χ1n) is 14.4. The normalized spacial score (nSPS) is 21.8. The Morgan fingerprint density at radius 3 is 2.45 bits per heavy atom. The summed E-state index contributed by atoms with van der Waals surface area (Å²) in [6.45, 7) is -0.0712. The van der Waals surface area contributed by atoms with Crippen molar-refractivity contribution < 1.29 is 44.9 Å². The van der Waals surface area contributed by atoms with E-state index in [1.807, 2.05) is 0 Å². The van der Waals surface area contributed by atoms with Crippen molar-refractivity contribution in [2.45, 2.75) is 75.6 Å². The second kappa shape index (κ2) is 12.0. The van der Waals surface area contributed by atoms with Gasteiger partial charge in [-0.2, -0.15) is 8.42 Å². The fraction of sp³-hybridized carbons (Fsp3) is 0.483. The fourth-order valence-electron chi connectivity index (χ4n) is 6.12. The molecule has 1 saturated carbocycles. The summed E-state index contributed by atoms with van der Waals surface area (Å²) in [6, 6.07) is 9.58. The Labute approximate surface area is 251 Å². The highest BCUT2D eigenvalue weighted by Gasteiger charge is 2.42. The summed E-state index contributed by atoms with van der Waals surface area (Å²) >= 11 is 0. The lowest BCUT2D eigenvalue weighted by atomic mass is 9.99. The van der Waals surface area contributed by atoms with E-state index in [4.69, 9.17) is 13.8 Å². The number of carbonyl (C=O) groups is 1. The molecule has 3 aromatic rings. The summed E-state index contributed by atoms with van der Waals surface area (Å²) in [6.07, 6.45) is 1.67. The quantitative estimate of drug-likeness (QED) is 0.281. The zero-order chi connectivity index (χ0) is 31.1. The second-order valence-electron chi connectivity index (χ2n) is 11.3. The summed E-state index contributed by atoms with van der Waals surface area (Å²) in [5.41, 5.74) is 1.40. The minimum absolute atomic E-state index is 0.0897. The molecule has 236 valence electrons. The SMILES string of the molecule is O=C(NCCS(=O)(=O)O)c1ccc(N2C3CC[C@H]2CC(OCc2c(-c4ccccc4OC(F)(F)F)noc2C2CC2)C3)nc1. The highest BCUT2D eigenvalue weighted by Crippen LogP contribution is 2.46. The topological polar surface area (TPSA) is 144 Å². The van der Waals surface area contributed by atoms with Crippen molar-refractivity contribution >= 4 is 21.8 Å². The van der Waals surface area contributed by atoms with Gasteiger partial charge in [0, 0.05) is 41.9 Å². The molecule has 2 aliphatic heterocycles. The van der Waals surface area contributed by atoms with Gasteiger partial charge in [0.2, 0.25) is 0 Å². The Balaban J connectivity index is 1.11. The van der Waals surface area contributed by atoms with E-state index in [0.29, 0.717) is 17.0 Å². The van der Waals surface area contributed by atoms with Crippen LogP contribution in [0.25, 0.3) is 11.3 Å². The molecule has 44 heavy (non-hydrogen) atoms. The predicted octanol–water partition coefficient (Wildman–Crippen LogP) is 4.85. The van der Waals surface area contributed by atoms with Crippen molar-refractivity contribution in [3.8, 4) is 17.0 Å². The number of halogens is 3. The number of anilines is 1. The summed E-state index contributed by atoms with van der Waals surface area (Å²) in [7, 11) is -4.17. The van der Waals surface area contributed by atoms with Gasteiger partial charge in [0.05, 0.1) is 24.0 Å². The van der Waals surface area contributed by atoms with Gasteiger partial charge in [0.15, 0.2) is 0 Å². The Hall–Kier alpha value is -3.69. The Kier molecular flexibility index (Phi) is 8.28. The average molecular weight is 637 g/mol. The van der Waals surface area contributed by atoms with Crippen LogP contribution in [0.3, 0.4) is 0 Å². The smallest absolute Gasteiger partial charge is 0.405 e. The highest BCUT2D eigenvalue weighted by atomic mass is 32.2. The lowest BCUT2D eigenvalue weighted by Gasteiger charge is -2.39. The van der Waals surface area contributed by atoms with Crippen molar-refractivity contribution in [2.75, 3.05) is 17.2 Å². The molecule has 4 heterocycles. The van der Waals surface area contributed by atoms with Gasteiger partial charge in [0.25, 0.3) is 16.0 Å². The number of amides is 1. The molecule has 2 N–H and O–H groups in total. The lowest BCUT2D eigenvalue weighted by Crippen LogP contribution is -2.46. The van der Waals surface area contributed by atoms with E-state index in [-0.39, 0.29) is 54.1 Å². The van der Waals surface area contributed by atoms with Gasteiger partial charge >= 0.3 is 6.36 Å². The van der Waals surface area contributed by atoms with Crippen LogP contribution in [0.5, 0.6) is 5.75 Å². The van der Waals surface area contributed by atoms with E-state index in [1.165, 1.54) is 24.4 Å². The maximum absolute atomic E-state index is 13.1. The number of benzene rings is 1. The molecular formula is C29H31F3N4O7S. The van der Waals surface area contributed by atoms with Crippen LogP contribution >= 0.6 is 0 Å². The maximum atomic E-state index is 13.1. The molecule has 11 nitrogen and oxygen atoms in total. The van der Waals surface area contributed by atoms with Crippen molar-refractivity contribution in [3.05, 3.63) is 59.5 Å². The predicted molar refractivity (Wildman–Crippen MR) is 151 cm³/mol. The lowest BCUT2D eigenvalue weighted by molar-refractivity contribution is -0.274. The van der Waals surface area contributed by atoms with E-state index in [9.17, 15) is 26.4 Å². The van der Waals surface area contributed by atoms with Gasteiger partial charge in [-0.15, -0.1) is 13.2 Å². The van der Waals surface area contributed by atoms with Crippen LogP contribution < -0.4 is 15.0 Å². The molecule has 2 bridgehead atoms. The summed E-state index contributed by atoms with van der Waals surface area (Å²) in [5, 5.41) is 6.60. The van der Waals surface area contributed by atoms with Crippen LogP contribution in [0.1, 0.15) is 66.1 Å². The van der Waals surface area contributed by atoms with Gasteiger partial charge in [-0.05, 0) is 62.8 Å². The third-order valence-electron chi connectivity index (χ3n) is 8.21. The molecule has 3 fully saturated rings. The second-order valence-corrected chi connectivity index (χ2v) is 12.9. The van der Waals surface area contributed by atoms with Crippen LogP contribution in [-0.4, -0.2) is 65.9 Å². The zero-order valence-electron chi connectivity index (χ0n) is 23.5. The standard InChI is InChI=1S/C29H31F3N4O7S/c30-29(31,32)42-24-4-2-1-3-22(24)26-23(27(43-35-26)17-5-6-17)16-41-21-13-19-8-9-20(14-21)36(19)25-10-7-18(15-34-25)28(37)33-11-12-44(38,39)40/h1-4,7,10,15,17,19-21H,5-6,8-9,11-14,16H2,(H,33,37)(H,38,39,40)/t19-,20?,21?/m0/s1. The van der Waals surface area contributed by atoms with E-state index in [0.717, 1.165) is 44.3 Å². The van der Waals surface area contributed by atoms with Gasteiger partial charge in [0.1, 0.15) is 23.0 Å². The molecule has 0 radical (unpaired) electrons. The molecule has 6 rings (SSSR count). The minimum atomic E-state index is -4.85.